The maximum Gasteiger partial charge on any atom is 0.307 e. The summed E-state index contributed by atoms with van der Waals surface area (Å²) in [4.78, 5) is 22.6. The zero-order valence-corrected chi connectivity index (χ0v) is 11.8. The molecule has 0 aromatic rings. The first-order chi connectivity index (χ1) is 7.22. The number of rotatable bonds is 3. The quantitative estimate of drug-likeness (QED) is 0.454. The topological polar surface area (TPSA) is 46.6 Å². The van der Waals surface area contributed by atoms with Crippen molar-refractivity contribution in [3.63, 3.8) is 0 Å². The molecular formula is C7H7Cl4NO3S. The van der Waals surface area contributed by atoms with Crippen LogP contribution >= 0.6 is 58.4 Å². The Morgan fingerprint density at radius 3 is 2.38 bits per heavy atom. The molecule has 0 unspecified atom stereocenters. The Bertz CT molecular complexity index is 323. The lowest BCUT2D eigenvalue weighted by Gasteiger charge is -2.18. The van der Waals surface area contributed by atoms with E-state index in [1.807, 2.05) is 0 Å². The van der Waals surface area contributed by atoms with Crippen LogP contribution in [-0.2, 0) is 14.3 Å². The lowest BCUT2D eigenvalue weighted by molar-refractivity contribution is -0.140. The number of hydrogen-bond donors (Lipinski definition) is 0. The Balaban J connectivity index is 2.66. The second kappa shape index (κ2) is 4.98. The van der Waals surface area contributed by atoms with Gasteiger partial charge in [-0.05, 0) is 11.9 Å². The summed E-state index contributed by atoms with van der Waals surface area (Å²) in [6.07, 6.45) is 0.0168. The molecule has 9 heteroatoms. The summed E-state index contributed by atoms with van der Waals surface area (Å²) in [5, 5.41) is 0. The first kappa shape index (κ1) is 14.5. The van der Waals surface area contributed by atoms with Crippen molar-refractivity contribution in [2.75, 3.05) is 13.7 Å². The Kier molecular flexibility index (Phi) is 4.52. The fourth-order valence-electron chi connectivity index (χ4n) is 0.960. The van der Waals surface area contributed by atoms with E-state index in [4.69, 9.17) is 46.4 Å². The van der Waals surface area contributed by atoms with Gasteiger partial charge in [0.2, 0.25) is 8.00 Å². The van der Waals surface area contributed by atoms with Crippen molar-refractivity contribution < 1.29 is 14.3 Å². The van der Waals surface area contributed by atoms with Crippen LogP contribution in [0.4, 0.5) is 0 Å². The molecule has 0 bridgehead atoms. The monoisotopic (exact) mass is 325 g/mol. The van der Waals surface area contributed by atoms with Gasteiger partial charge < -0.3 is 4.74 Å². The van der Waals surface area contributed by atoms with Crippen LogP contribution in [0.15, 0.2) is 0 Å². The van der Waals surface area contributed by atoms with Crippen LogP contribution < -0.4 is 0 Å². The molecule has 0 radical (unpaired) electrons. The Labute approximate surface area is 117 Å². The van der Waals surface area contributed by atoms with Gasteiger partial charge >= 0.3 is 5.97 Å². The zero-order valence-electron chi connectivity index (χ0n) is 8.01. The zero-order chi connectivity index (χ0) is 12.6. The summed E-state index contributed by atoms with van der Waals surface area (Å²) < 4.78 is 2.00. The minimum absolute atomic E-state index is 0.0168. The van der Waals surface area contributed by atoms with Crippen LogP contribution in [0.1, 0.15) is 6.42 Å². The summed E-state index contributed by atoms with van der Waals surface area (Å²) in [7, 11) is 1.25. The second-order valence-corrected chi connectivity index (χ2v) is 7.25. The molecule has 1 aliphatic rings. The predicted molar refractivity (Wildman–Crippen MR) is 64.8 cm³/mol. The Morgan fingerprint density at radius 2 is 2.00 bits per heavy atom. The first-order valence-corrected chi connectivity index (χ1v) is 6.34. The highest BCUT2D eigenvalue weighted by atomic mass is 35.5. The van der Waals surface area contributed by atoms with Crippen molar-refractivity contribution in [1.29, 1.82) is 0 Å². The Morgan fingerprint density at radius 1 is 1.44 bits per heavy atom. The minimum atomic E-state index is -1.92. The minimum Gasteiger partial charge on any atom is -0.469 e. The number of nitrogens with zero attached hydrogens (tertiary/aromatic N) is 1. The number of alkyl halides is 4. The summed E-state index contributed by atoms with van der Waals surface area (Å²) in [5.41, 5.74) is 0. The van der Waals surface area contributed by atoms with Crippen LogP contribution in [0, 0.1) is 0 Å². The first-order valence-electron chi connectivity index (χ1n) is 4.06. The van der Waals surface area contributed by atoms with E-state index in [2.05, 4.69) is 4.74 Å². The van der Waals surface area contributed by atoms with Gasteiger partial charge in [0.25, 0.3) is 5.91 Å². The van der Waals surface area contributed by atoms with Crippen molar-refractivity contribution in [3.05, 3.63) is 0 Å². The predicted octanol–water partition coefficient (Wildman–Crippen LogP) is 2.35. The molecule has 0 N–H and O–H groups in total. The standard InChI is InChI=1S/C7H7Cl4NO3S/c1-15-4(13)2-3-12-5(14)6(8,9)7(10,11)16-12/h2-3H2,1H3. The van der Waals surface area contributed by atoms with Crippen molar-refractivity contribution >= 4 is 70.2 Å². The number of hydrogen-bond acceptors (Lipinski definition) is 4. The van der Waals surface area contributed by atoms with Crippen molar-refractivity contribution in [3.8, 4) is 0 Å². The molecule has 0 saturated carbocycles. The van der Waals surface area contributed by atoms with E-state index in [-0.39, 0.29) is 13.0 Å². The van der Waals surface area contributed by atoms with E-state index in [1.54, 1.807) is 0 Å². The number of ether oxygens (including phenoxy) is 1. The number of halogens is 4. The van der Waals surface area contributed by atoms with Crippen molar-refractivity contribution in [2.24, 2.45) is 0 Å². The van der Waals surface area contributed by atoms with E-state index < -0.39 is 19.9 Å². The number of carbonyl (C=O) groups is 2. The SMILES string of the molecule is COC(=O)CCN1SC(Cl)(Cl)C(Cl)(Cl)C1=O. The van der Waals surface area contributed by atoms with E-state index in [0.717, 1.165) is 16.3 Å². The maximum absolute atomic E-state index is 11.7. The smallest absolute Gasteiger partial charge is 0.307 e. The largest absolute Gasteiger partial charge is 0.469 e. The van der Waals surface area contributed by atoms with Gasteiger partial charge in [-0.15, -0.1) is 0 Å². The van der Waals surface area contributed by atoms with Gasteiger partial charge in [0.05, 0.1) is 13.5 Å². The molecule has 1 heterocycles. The number of methoxy groups -OCH3 is 1. The second-order valence-electron chi connectivity index (χ2n) is 2.92. The average Bonchev–Trinajstić information content (AvgIpc) is 2.35. The van der Waals surface area contributed by atoms with Crippen LogP contribution in [0.5, 0.6) is 0 Å². The molecule has 1 amide bonds. The highest BCUT2D eigenvalue weighted by molar-refractivity contribution is 8.02. The molecule has 1 aliphatic heterocycles. The van der Waals surface area contributed by atoms with Gasteiger partial charge in [0.1, 0.15) is 0 Å². The van der Waals surface area contributed by atoms with Crippen LogP contribution in [0.3, 0.4) is 0 Å². The molecule has 0 aromatic heterocycles. The van der Waals surface area contributed by atoms with Crippen LogP contribution in [0.25, 0.3) is 0 Å². The number of amides is 1. The van der Waals surface area contributed by atoms with Crippen LogP contribution in [0.2, 0.25) is 0 Å². The highest BCUT2D eigenvalue weighted by Gasteiger charge is 2.62. The molecule has 0 aliphatic carbocycles. The summed E-state index contributed by atoms with van der Waals surface area (Å²) in [6, 6.07) is 0. The molecule has 92 valence electrons. The fourth-order valence-corrected chi connectivity index (χ4v) is 3.01. The van der Waals surface area contributed by atoms with E-state index in [9.17, 15) is 9.59 Å². The fraction of sp³-hybridized carbons (Fsp3) is 0.714. The van der Waals surface area contributed by atoms with E-state index >= 15 is 0 Å². The molecule has 1 fully saturated rings. The van der Waals surface area contributed by atoms with Gasteiger partial charge in [-0.3, -0.25) is 13.9 Å². The third-order valence-corrected chi connectivity index (χ3v) is 5.42. The maximum atomic E-state index is 11.7. The van der Waals surface area contributed by atoms with Gasteiger partial charge in [-0.25, -0.2) is 0 Å². The summed E-state index contributed by atoms with van der Waals surface area (Å²) in [5.74, 6) is -1.10. The van der Waals surface area contributed by atoms with Gasteiger partial charge in [-0.2, -0.15) is 0 Å². The summed E-state index contributed by atoms with van der Waals surface area (Å²) >= 11 is 23.8. The third kappa shape index (κ3) is 2.64. The molecule has 0 atom stereocenters. The normalized spacial score (nSPS) is 22.3. The lowest BCUT2D eigenvalue weighted by atomic mass is 10.4. The van der Waals surface area contributed by atoms with Crippen LogP contribution in [-0.4, -0.2) is 37.8 Å². The molecule has 0 spiro atoms. The molecule has 1 rings (SSSR count). The highest BCUT2D eigenvalue weighted by Crippen LogP contribution is 2.58. The third-order valence-electron chi connectivity index (χ3n) is 1.83. The molecule has 1 saturated heterocycles. The van der Waals surface area contributed by atoms with Crippen molar-refractivity contribution in [2.45, 2.75) is 14.4 Å². The van der Waals surface area contributed by atoms with Gasteiger partial charge in [0, 0.05) is 6.54 Å². The lowest BCUT2D eigenvalue weighted by Crippen LogP contribution is -2.37. The number of carbonyl (C=O) groups excluding carboxylic acids is 2. The van der Waals surface area contributed by atoms with E-state index in [0.29, 0.717) is 0 Å². The average molecular weight is 327 g/mol. The van der Waals surface area contributed by atoms with Gasteiger partial charge in [-0.1, -0.05) is 46.4 Å². The molecule has 16 heavy (non-hydrogen) atoms. The van der Waals surface area contributed by atoms with Crippen molar-refractivity contribution in [1.82, 2.24) is 4.31 Å². The molecular weight excluding hydrogens is 320 g/mol. The molecule has 4 nitrogen and oxygen atoms in total. The number of esters is 1. The molecule has 0 aromatic carbocycles. The van der Waals surface area contributed by atoms with Gasteiger partial charge in [0.15, 0.2) is 0 Å². The summed E-state index contributed by atoms with van der Waals surface area (Å²) in [6.45, 7) is 0.0819. The Hall–Kier alpha value is 0.450. The van der Waals surface area contributed by atoms with E-state index in [1.165, 1.54) is 7.11 Å².